The number of methoxy groups -OCH3 is 1. The largest absolute Gasteiger partial charge is 0.496 e. The molecule has 1 aromatic heterocycles. The monoisotopic (exact) mass is 276 g/mol. The Morgan fingerprint density at radius 2 is 2.11 bits per heavy atom. The molecular weight excluding hydrogens is 256 g/mol. The van der Waals surface area contributed by atoms with E-state index in [2.05, 4.69) is 36.3 Å². The number of thiazole rings is 1. The van der Waals surface area contributed by atoms with Gasteiger partial charge in [0.25, 0.3) is 0 Å². The zero-order valence-corrected chi connectivity index (χ0v) is 12.4. The first-order valence-corrected chi connectivity index (χ1v) is 7.35. The molecule has 0 aliphatic rings. The number of ether oxygens (including phenoxy) is 1. The highest BCUT2D eigenvalue weighted by Gasteiger charge is 2.12. The van der Waals surface area contributed by atoms with Crippen molar-refractivity contribution < 1.29 is 4.74 Å². The van der Waals surface area contributed by atoms with E-state index in [-0.39, 0.29) is 0 Å². The van der Waals surface area contributed by atoms with Crippen LogP contribution in [0.5, 0.6) is 5.75 Å². The number of para-hydroxylation sites is 1. The summed E-state index contributed by atoms with van der Waals surface area (Å²) in [6.45, 7) is 4.37. The van der Waals surface area contributed by atoms with E-state index >= 15 is 0 Å². The molecule has 0 saturated heterocycles. The molecule has 3 nitrogen and oxygen atoms in total. The van der Waals surface area contributed by atoms with E-state index in [1.165, 1.54) is 10.4 Å². The van der Waals surface area contributed by atoms with Gasteiger partial charge in [0.1, 0.15) is 5.75 Å². The molecule has 0 aliphatic heterocycles. The Morgan fingerprint density at radius 1 is 1.32 bits per heavy atom. The van der Waals surface area contributed by atoms with Gasteiger partial charge in [-0.05, 0) is 31.9 Å². The molecule has 2 unspecified atom stereocenters. The summed E-state index contributed by atoms with van der Waals surface area (Å²) in [5.74, 6) is 0.960. The second kappa shape index (κ2) is 6.68. The molecule has 0 amide bonds. The van der Waals surface area contributed by atoms with E-state index in [0.717, 1.165) is 12.2 Å². The third-order valence-corrected chi connectivity index (χ3v) is 4.09. The minimum atomic E-state index is 0.331. The van der Waals surface area contributed by atoms with Gasteiger partial charge in [0, 0.05) is 23.2 Å². The van der Waals surface area contributed by atoms with Crippen LogP contribution < -0.4 is 10.1 Å². The molecule has 0 spiro atoms. The van der Waals surface area contributed by atoms with Crippen molar-refractivity contribution in [3.63, 3.8) is 0 Å². The van der Waals surface area contributed by atoms with Crippen LogP contribution in [0.2, 0.25) is 0 Å². The molecule has 2 aromatic rings. The van der Waals surface area contributed by atoms with E-state index in [0.29, 0.717) is 12.1 Å². The molecule has 19 heavy (non-hydrogen) atoms. The average Bonchev–Trinajstić information content (AvgIpc) is 2.93. The van der Waals surface area contributed by atoms with Gasteiger partial charge >= 0.3 is 0 Å². The second-order valence-electron chi connectivity index (χ2n) is 4.71. The van der Waals surface area contributed by atoms with Gasteiger partial charge in [-0.2, -0.15) is 0 Å². The third-order valence-electron chi connectivity index (χ3n) is 3.13. The normalized spacial score (nSPS) is 14.1. The highest BCUT2D eigenvalue weighted by Crippen LogP contribution is 2.21. The Balaban J connectivity index is 1.95. The van der Waals surface area contributed by atoms with Crippen molar-refractivity contribution in [3.05, 3.63) is 46.4 Å². The summed E-state index contributed by atoms with van der Waals surface area (Å²) < 4.78 is 5.39. The smallest absolute Gasteiger partial charge is 0.122 e. The fourth-order valence-electron chi connectivity index (χ4n) is 2.21. The van der Waals surface area contributed by atoms with Crippen molar-refractivity contribution in [2.75, 3.05) is 7.11 Å². The fraction of sp³-hybridized carbons (Fsp3) is 0.400. The quantitative estimate of drug-likeness (QED) is 0.877. The van der Waals surface area contributed by atoms with E-state index < -0.39 is 0 Å². The van der Waals surface area contributed by atoms with Crippen molar-refractivity contribution in [2.24, 2.45) is 0 Å². The first-order chi connectivity index (χ1) is 9.20. The molecule has 2 atom stereocenters. The Bertz CT molecular complexity index is 499. The van der Waals surface area contributed by atoms with Gasteiger partial charge in [-0.3, -0.25) is 4.98 Å². The summed E-state index contributed by atoms with van der Waals surface area (Å²) in [6, 6.07) is 8.89. The number of rotatable bonds is 6. The van der Waals surface area contributed by atoms with Gasteiger partial charge in [0.05, 0.1) is 12.6 Å². The van der Waals surface area contributed by atoms with Crippen molar-refractivity contribution in [1.82, 2.24) is 10.3 Å². The summed E-state index contributed by atoms with van der Waals surface area (Å²) in [6.07, 6.45) is 2.88. The molecule has 102 valence electrons. The molecule has 1 N–H and O–H groups in total. The van der Waals surface area contributed by atoms with E-state index in [4.69, 9.17) is 4.74 Å². The lowest BCUT2D eigenvalue weighted by atomic mass is 10.1. The van der Waals surface area contributed by atoms with Crippen LogP contribution in [0.4, 0.5) is 0 Å². The predicted octanol–water partition coefficient (Wildman–Crippen LogP) is 3.43. The van der Waals surface area contributed by atoms with Crippen LogP contribution in [0.1, 0.15) is 30.3 Å². The van der Waals surface area contributed by atoms with Crippen LogP contribution in [0.3, 0.4) is 0 Å². The van der Waals surface area contributed by atoms with Crippen LogP contribution in [-0.4, -0.2) is 18.1 Å². The predicted molar refractivity (Wildman–Crippen MR) is 79.8 cm³/mol. The minimum Gasteiger partial charge on any atom is -0.496 e. The molecular formula is C15H20N2OS. The molecule has 0 radical (unpaired) electrons. The first-order valence-electron chi connectivity index (χ1n) is 6.47. The van der Waals surface area contributed by atoms with E-state index in [1.807, 2.05) is 23.8 Å². The van der Waals surface area contributed by atoms with Crippen LogP contribution in [-0.2, 0) is 6.42 Å². The lowest BCUT2D eigenvalue weighted by Crippen LogP contribution is -2.30. The number of benzene rings is 1. The summed E-state index contributed by atoms with van der Waals surface area (Å²) in [5.41, 5.74) is 3.11. The van der Waals surface area contributed by atoms with Gasteiger partial charge in [0.15, 0.2) is 0 Å². The van der Waals surface area contributed by atoms with E-state index in [1.54, 1.807) is 18.4 Å². The van der Waals surface area contributed by atoms with Gasteiger partial charge in [-0.1, -0.05) is 18.2 Å². The molecule has 0 bridgehead atoms. The Hall–Kier alpha value is -1.39. The van der Waals surface area contributed by atoms with Gasteiger partial charge in [-0.25, -0.2) is 0 Å². The number of nitrogens with zero attached hydrogens (tertiary/aromatic N) is 1. The van der Waals surface area contributed by atoms with Gasteiger partial charge in [0.2, 0.25) is 0 Å². The maximum absolute atomic E-state index is 5.39. The Morgan fingerprint density at radius 3 is 2.79 bits per heavy atom. The van der Waals surface area contributed by atoms with Crippen LogP contribution in [0, 0.1) is 0 Å². The summed E-state index contributed by atoms with van der Waals surface area (Å²) in [7, 11) is 1.72. The van der Waals surface area contributed by atoms with Crippen molar-refractivity contribution in [1.29, 1.82) is 0 Å². The van der Waals surface area contributed by atoms with Crippen LogP contribution in [0.25, 0.3) is 0 Å². The summed E-state index contributed by atoms with van der Waals surface area (Å²) >= 11 is 1.69. The maximum Gasteiger partial charge on any atom is 0.122 e. The minimum absolute atomic E-state index is 0.331. The topological polar surface area (TPSA) is 34.1 Å². The van der Waals surface area contributed by atoms with Gasteiger partial charge < -0.3 is 10.1 Å². The Kier molecular flexibility index (Phi) is 4.93. The lowest BCUT2D eigenvalue weighted by Gasteiger charge is -2.20. The van der Waals surface area contributed by atoms with Gasteiger partial charge in [-0.15, -0.1) is 11.3 Å². The highest BCUT2D eigenvalue weighted by molar-refractivity contribution is 7.09. The van der Waals surface area contributed by atoms with Crippen molar-refractivity contribution in [3.8, 4) is 5.75 Å². The maximum atomic E-state index is 5.39. The SMILES string of the molecule is COc1ccccc1CC(C)NC(C)c1cncs1. The fourth-order valence-corrected chi connectivity index (χ4v) is 2.85. The molecule has 1 aromatic carbocycles. The third kappa shape index (κ3) is 3.78. The molecule has 1 heterocycles. The van der Waals surface area contributed by atoms with E-state index in [9.17, 15) is 0 Å². The number of hydrogen-bond donors (Lipinski definition) is 1. The van der Waals surface area contributed by atoms with Crippen molar-refractivity contribution >= 4 is 11.3 Å². The molecule has 0 fully saturated rings. The van der Waals surface area contributed by atoms with Crippen LogP contribution >= 0.6 is 11.3 Å². The first kappa shape index (κ1) is 14.0. The zero-order chi connectivity index (χ0) is 13.7. The number of aromatic nitrogens is 1. The highest BCUT2D eigenvalue weighted by atomic mass is 32.1. The number of hydrogen-bond acceptors (Lipinski definition) is 4. The molecule has 2 rings (SSSR count). The second-order valence-corrected chi connectivity index (χ2v) is 5.63. The average molecular weight is 276 g/mol. The summed E-state index contributed by atoms with van der Waals surface area (Å²) in [4.78, 5) is 5.39. The standard InChI is InChI=1S/C15H20N2OS/c1-11(17-12(2)15-9-16-10-19-15)8-13-6-4-5-7-14(13)18-3/h4-7,9-12,17H,8H2,1-3H3. The number of nitrogens with one attached hydrogen (secondary N) is 1. The molecule has 0 aliphatic carbocycles. The zero-order valence-electron chi connectivity index (χ0n) is 11.6. The summed E-state index contributed by atoms with van der Waals surface area (Å²) in [5, 5.41) is 3.60. The lowest BCUT2D eigenvalue weighted by molar-refractivity contribution is 0.403. The Labute approximate surface area is 118 Å². The van der Waals surface area contributed by atoms with Crippen LogP contribution in [0.15, 0.2) is 36.0 Å². The molecule has 4 heteroatoms. The van der Waals surface area contributed by atoms with Crippen molar-refractivity contribution in [2.45, 2.75) is 32.4 Å². The molecule has 0 saturated carbocycles.